The molecule has 1 unspecified atom stereocenters. The summed E-state index contributed by atoms with van der Waals surface area (Å²) < 4.78 is 0. The van der Waals surface area contributed by atoms with Gasteiger partial charge in [-0.1, -0.05) is 42.5 Å². The Hall–Kier alpha value is -3.73. The number of nitrogens with zero attached hydrogens (tertiary/aromatic N) is 1. The predicted octanol–water partition coefficient (Wildman–Crippen LogP) is 1.71. The maximum Gasteiger partial charge on any atom is 0.322 e. The Balaban J connectivity index is 1.84. The minimum absolute atomic E-state index is 0.216. The van der Waals surface area contributed by atoms with Crippen molar-refractivity contribution in [3.8, 4) is 0 Å². The Bertz CT molecular complexity index is 1060. The highest BCUT2D eigenvalue weighted by atomic mass is 32.1. The minimum Gasteiger partial charge on any atom is -0.480 e. The van der Waals surface area contributed by atoms with Crippen molar-refractivity contribution in [3.05, 3.63) is 59.1 Å². The molecule has 1 aliphatic rings. The van der Waals surface area contributed by atoms with Gasteiger partial charge in [-0.15, -0.1) is 11.3 Å². The molecule has 0 saturated carbocycles. The zero-order chi connectivity index (χ0) is 25.0. The molecule has 5 N–H and O–H groups in total. The number of allylic oxidation sites excluding steroid dienone is 1. The number of thiazole rings is 1. The molecular weight excluding hydrogens is 470 g/mol. The van der Waals surface area contributed by atoms with E-state index in [1.54, 1.807) is 11.5 Å². The van der Waals surface area contributed by atoms with Gasteiger partial charge in [0.05, 0.1) is 0 Å². The number of aromatic nitrogens is 1. The smallest absolute Gasteiger partial charge is 0.322 e. The van der Waals surface area contributed by atoms with Gasteiger partial charge >= 0.3 is 5.97 Å². The van der Waals surface area contributed by atoms with E-state index in [2.05, 4.69) is 26.3 Å². The van der Waals surface area contributed by atoms with Gasteiger partial charge in [0, 0.05) is 18.3 Å². The summed E-state index contributed by atoms with van der Waals surface area (Å²) in [5, 5.41) is 22.0. The number of carboxylic acids is 1. The van der Waals surface area contributed by atoms with Crippen molar-refractivity contribution >= 4 is 40.2 Å². The Morgan fingerprint density at radius 2 is 1.91 bits per heavy atom. The van der Waals surface area contributed by atoms with E-state index in [1.165, 1.54) is 11.3 Å². The van der Waals surface area contributed by atoms with Gasteiger partial charge in [0.2, 0.25) is 11.8 Å². The van der Waals surface area contributed by atoms with Gasteiger partial charge in [-0.2, -0.15) is 0 Å². The van der Waals surface area contributed by atoms with Crippen molar-refractivity contribution in [1.29, 1.82) is 0 Å². The van der Waals surface area contributed by atoms with Crippen LogP contribution in [0.25, 0.3) is 0 Å². The predicted molar refractivity (Wildman–Crippen MR) is 132 cm³/mol. The zero-order valence-electron chi connectivity index (χ0n) is 19.2. The van der Waals surface area contributed by atoms with E-state index in [0.29, 0.717) is 18.1 Å². The van der Waals surface area contributed by atoms with Gasteiger partial charge in [-0.3, -0.25) is 19.2 Å². The molecule has 186 valence electrons. The summed E-state index contributed by atoms with van der Waals surface area (Å²) in [7, 11) is 0. The van der Waals surface area contributed by atoms with Gasteiger partial charge in [-0.05, 0) is 31.2 Å². The second kappa shape index (κ2) is 13.2. The van der Waals surface area contributed by atoms with Crippen molar-refractivity contribution in [2.75, 3.05) is 18.4 Å². The maximum absolute atomic E-state index is 13.3. The lowest BCUT2D eigenvalue weighted by molar-refractivity contribution is -0.138. The van der Waals surface area contributed by atoms with Crippen LogP contribution in [-0.2, 0) is 20.8 Å². The maximum atomic E-state index is 13.3. The summed E-state index contributed by atoms with van der Waals surface area (Å²) in [5.41, 5.74) is 1.17. The summed E-state index contributed by atoms with van der Waals surface area (Å²) in [6, 6.07) is 7.66. The van der Waals surface area contributed by atoms with Crippen molar-refractivity contribution in [3.63, 3.8) is 0 Å². The molecule has 2 aromatic rings. The Morgan fingerprint density at radius 3 is 2.69 bits per heavy atom. The van der Waals surface area contributed by atoms with Crippen LogP contribution in [0.2, 0.25) is 0 Å². The Morgan fingerprint density at radius 1 is 1.11 bits per heavy atom. The molecule has 1 aliphatic heterocycles. The SMILES string of the molecule is O=C(O)CNC(=O)C1C/C=C/CCCCNC(=O)c2csc(n2)N[C@@H](Cc2ccccc2)C(=O)N1. The number of carboxylic acid groups (broad SMARTS) is 1. The molecule has 2 heterocycles. The van der Waals surface area contributed by atoms with Crippen LogP contribution in [0.3, 0.4) is 0 Å². The molecule has 2 bridgehead atoms. The molecule has 1 aromatic carbocycles. The van der Waals surface area contributed by atoms with Gasteiger partial charge in [0.15, 0.2) is 5.13 Å². The molecule has 35 heavy (non-hydrogen) atoms. The molecular formula is C24H29N5O5S. The lowest BCUT2D eigenvalue weighted by atomic mass is 10.0. The van der Waals surface area contributed by atoms with Crippen LogP contribution < -0.4 is 21.3 Å². The van der Waals surface area contributed by atoms with Gasteiger partial charge in [0.25, 0.3) is 5.91 Å². The molecule has 0 fully saturated rings. The van der Waals surface area contributed by atoms with Crippen molar-refractivity contribution in [2.45, 2.75) is 44.2 Å². The van der Waals surface area contributed by atoms with Crippen molar-refractivity contribution < 1.29 is 24.3 Å². The monoisotopic (exact) mass is 499 g/mol. The topological polar surface area (TPSA) is 150 Å². The minimum atomic E-state index is -1.17. The first kappa shape index (κ1) is 25.9. The van der Waals surface area contributed by atoms with Gasteiger partial charge < -0.3 is 26.4 Å². The molecule has 0 saturated heterocycles. The fourth-order valence-electron chi connectivity index (χ4n) is 3.47. The number of fused-ring (bicyclic) bond motifs is 2. The lowest BCUT2D eigenvalue weighted by Crippen LogP contribution is -2.52. The highest BCUT2D eigenvalue weighted by Crippen LogP contribution is 2.18. The zero-order valence-corrected chi connectivity index (χ0v) is 20.0. The van der Waals surface area contributed by atoms with E-state index >= 15 is 0 Å². The van der Waals surface area contributed by atoms with E-state index in [1.807, 2.05) is 36.4 Å². The first-order chi connectivity index (χ1) is 16.9. The van der Waals surface area contributed by atoms with E-state index < -0.39 is 36.4 Å². The third-order valence-electron chi connectivity index (χ3n) is 5.30. The third-order valence-corrected chi connectivity index (χ3v) is 6.08. The summed E-state index contributed by atoms with van der Waals surface area (Å²) in [6.07, 6.45) is 6.60. The third kappa shape index (κ3) is 8.53. The van der Waals surface area contributed by atoms with E-state index in [0.717, 1.165) is 24.8 Å². The van der Waals surface area contributed by atoms with Crippen LogP contribution in [0.1, 0.15) is 41.7 Å². The van der Waals surface area contributed by atoms with Crippen LogP contribution in [0.15, 0.2) is 47.9 Å². The van der Waals surface area contributed by atoms with Crippen LogP contribution in [0, 0.1) is 0 Å². The molecule has 3 rings (SSSR count). The van der Waals surface area contributed by atoms with E-state index in [9.17, 15) is 19.2 Å². The number of hydrogen-bond acceptors (Lipinski definition) is 7. The van der Waals surface area contributed by atoms with Crippen molar-refractivity contribution in [2.24, 2.45) is 0 Å². The standard InChI is InChI=1S/C24H29N5O5S/c30-20(31)14-26-21(32)17-11-7-2-1-3-8-12-25-22(33)19-15-35-24(29-19)28-18(23(34)27-17)13-16-9-5-4-6-10-16/h2,4-7,9-10,15,17-18H,1,3,8,11-14H2,(H,25,33)(H,26,32)(H,27,34)(H,28,29)(H,30,31)/b7-2+/t17?,18-/m0/s1. The molecule has 0 radical (unpaired) electrons. The van der Waals surface area contributed by atoms with E-state index in [4.69, 9.17) is 5.11 Å². The number of nitrogens with one attached hydrogen (secondary N) is 4. The van der Waals surface area contributed by atoms with Crippen LogP contribution in [-0.4, -0.2) is 59.0 Å². The summed E-state index contributed by atoms with van der Waals surface area (Å²) in [5.74, 6) is -2.46. The first-order valence-corrected chi connectivity index (χ1v) is 12.3. The molecule has 2 atom stereocenters. The second-order valence-corrected chi connectivity index (χ2v) is 8.91. The summed E-state index contributed by atoms with van der Waals surface area (Å²) in [6.45, 7) is -0.0204. The van der Waals surface area contributed by atoms with Crippen LogP contribution in [0.4, 0.5) is 5.13 Å². The van der Waals surface area contributed by atoms with Crippen molar-refractivity contribution in [1.82, 2.24) is 20.9 Å². The Labute approximate surface area is 207 Å². The summed E-state index contributed by atoms with van der Waals surface area (Å²) >= 11 is 1.21. The quantitative estimate of drug-likeness (QED) is 0.393. The second-order valence-electron chi connectivity index (χ2n) is 8.06. The molecule has 3 amide bonds. The fraction of sp³-hybridized carbons (Fsp3) is 0.375. The fourth-order valence-corrected chi connectivity index (χ4v) is 4.22. The normalized spacial score (nSPS) is 20.5. The van der Waals surface area contributed by atoms with Crippen LogP contribution >= 0.6 is 11.3 Å². The largest absolute Gasteiger partial charge is 0.480 e. The molecule has 1 aromatic heterocycles. The molecule has 0 aliphatic carbocycles. The first-order valence-electron chi connectivity index (χ1n) is 11.4. The lowest BCUT2D eigenvalue weighted by Gasteiger charge is -2.22. The number of anilines is 1. The molecule has 11 heteroatoms. The number of rotatable bonds is 5. The molecule has 0 spiro atoms. The average molecular weight is 500 g/mol. The number of aliphatic carboxylic acids is 1. The Kier molecular flexibility index (Phi) is 9.79. The van der Waals surface area contributed by atoms with Gasteiger partial charge in [0.1, 0.15) is 24.3 Å². The molecule has 10 nitrogen and oxygen atoms in total. The number of carbonyl (C=O) groups excluding carboxylic acids is 3. The van der Waals surface area contributed by atoms with Gasteiger partial charge in [-0.25, -0.2) is 4.98 Å². The number of amides is 3. The van der Waals surface area contributed by atoms with Crippen LogP contribution in [0.5, 0.6) is 0 Å². The number of benzene rings is 1. The number of hydrogen-bond donors (Lipinski definition) is 5. The highest BCUT2D eigenvalue weighted by Gasteiger charge is 2.26. The van der Waals surface area contributed by atoms with E-state index in [-0.39, 0.29) is 18.0 Å². The summed E-state index contributed by atoms with van der Waals surface area (Å²) in [4.78, 5) is 53.5. The average Bonchev–Trinajstić information content (AvgIpc) is 3.31. The highest BCUT2D eigenvalue weighted by molar-refractivity contribution is 7.13. The number of carbonyl (C=O) groups is 4.